The van der Waals surface area contributed by atoms with Crippen LogP contribution >= 0.6 is 0 Å². The second-order valence-electron chi connectivity index (χ2n) is 8.57. The van der Waals surface area contributed by atoms with Crippen molar-refractivity contribution in [2.45, 2.75) is 65.3 Å². The minimum Gasteiger partial charge on any atom is -0.500 e. The summed E-state index contributed by atoms with van der Waals surface area (Å²) in [4.78, 5) is 2.58. The molecular formula is C24H35N3O3. The van der Waals surface area contributed by atoms with Crippen LogP contribution in [0.2, 0.25) is 0 Å². The van der Waals surface area contributed by atoms with Gasteiger partial charge in [0.1, 0.15) is 17.3 Å². The molecule has 164 valence electrons. The number of aryl methyl sites for hydroxylation is 2. The third-order valence-electron chi connectivity index (χ3n) is 6.31. The van der Waals surface area contributed by atoms with Crippen LogP contribution in [0.3, 0.4) is 0 Å². The molecule has 0 amide bonds. The Hall–Kier alpha value is -2.21. The molecule has 2 aliphatic rings. The zero-order valence-corrected chi connectivity index (χ0v) is 19.0. The zero-order valence-electron chi connectivity index (χ0n) is 19.0. The summed E-state index contributed by atoms with van der Waals surface area (Å²) < 4.78 is 19.5. The number of allylic oxidation sites excluding steroid dienone is 3. The van der Waals surface area contributed by atoms with E-state index in [0.29, 0.717) is 0 Å². The highest BCUT2D eigenvalue weighted by atomic mass is 16.5. The molecule has 0 radical (unpaired) electrons. The van der Waals surface area contributed by atoms with Crippen LogP contribution in [0.15, 0.2) is 28.1 Å². The van der Waals surface area contributed by atoms with Crippen LogP contribution in [-0.2, 0) is 22.4 Å². The van der Waals surface area contributed by atoms with Gasteiger partial charge in [-0.15, -0.1) is 0 Å². The SMILES string of the molecule is CCCN(Cc1c(CC)nn2c(C3CC=C(OC)C=C3OC)c(C)oc12)CC1CC1. The molecular weight excluding hydrogens is 378 g/mol. The van der Waals surface area contributed by atoms with E-state index in [1.165, 1.54) is 31.4 Å². The molecule has 6 heteroatoms. The number of oxazole rings is 1. The summed E-state index contributed by atoms with van der Waals surface area (Å²) in [6.07, 6.45) is 9.70. The van der Waals surface area contributed by atoms with E-state index in [4.69, 9.17) is 19.0 Å². The summed E-state index contributed by atoms with van der Waals surface area (Å²) in [5.74, 6) is 3.58. The molecule has 0 aliphatic heterocycles. The van der Waals surface area contributed by atoms with E-state index < -0.39 is 0 Å². The molecule has 1 saturated carbocycles. The molecule has 1 unspecified atom stereocenters. The highest BCUT2D eigenvalue weighted by molar-refractivity contribution is 5.51. The van der Waals surface area contributed by atoms with Gasteiger partial charge in [-0.1, -0.05) is 13.8 Å². The van der Waals surface area contributed by atoms with Crippen molar-refractivity contribution in [3.05, 3.63) is 46.4 Å². The van der Waals surface area contributed by atoms with E-state index in [-0.39, 0.29) is 5.92 Å². The maximum atomic E-state index is 6.35. The maximum Gasteiger partial charge on any atom is 0.226 e. The van der Waals surface area contributed by atoms with E-state index in [1.54, 1.807) is 14.2 Å². The molecule has 0 N–H and O–H groups in total. The van der Waals surface area contributed by atoms with Gasteiger partial charge in [0.05, 0.1) is 37.1 Å². The predicted molar refractivity (Wildman–Crippen MR) is 117 cm³/mol. The largest absolute Gasteiger partial charge is 0.500 e. The van der Waals surface area contributed by atoms with Crippen LogP contribution < -0.4 is 0 Å². The van der Waals surface area contributed by atoms with Gasteiger partial charge in [0.25, 0.3) is 0 Å². The van der Waals surface area contributed by atoms with Crippen molar-refractivity contribution in [3.63, 3.8) is 0 Å². The number of aromatic nitrogens is 2. The maximum absolute atomic E-state index is 6.35. The Morgan fingerprint density at radius 2 is 2.03 bits per heavy atom. The molecule has 4 rings (SSSR count). The Morgan fingerprint density at radius 3 is 2.67 bits per heavy atom. The zero-order chi connectivity index (χ0) is 21.3. The Morgan fingerprint density at radius 1 is 1.23 bits per heavy atom. The predicted octanol–water partition coefficient (Wildman–Crippen LogP) is 4.97. The quantitative estimate of drug-likeness (QED) is 0.550. The van der Waals surface area contributed by atoms with Crippen LogP contribution in [0.1, 0.15) is 68.2 Å². The molecule has 1 atom stereocenters. The van der Waals surface area contributed by atoms with E-state index in [0.717, 1.165) is 66.2 Å². The molecule has 2 heterocycles. The number of rotatable bonds is 10. The average molecular weight is 414 g/mol. The molecule has 0 aromatic carbocycles. The number of hydrogen-bond acceptors (Lipinski definition) is 5. The van der Waals surface area contributed by atoms with Crippen molar-refractivity contribution in [2.75, 3.05) is 27.3 Å². The van der Waals surface area contributed by atoms with Crippen LogP contribution in [0.4, 0.5) is 0 Å². The average Bonchev–Trinajstić information content (AvgIpc) is 3.43. The highest BCUT2D eigenvalue weighted by Crippen LogP contribution is 2.38. The van der Waals surface area contributed by atoms with Gasteiger partial charge in [-0.3, -0.25) is 4.90 Å². The molecule has 0 bridgehead atoms. The standard InChI is InChI=1S/C24H35N3O3/c1-6-12-26(14-17-8-9-17)15-20-21(7-2)25-27-23(16(3)30-24(20)27)19-11-10-18(28-4)13-22(19)29-5/h10,13,17,19H,6-9,11-12,14-15H2,1-5H3. The van der Waals surface area contributed by atoms with Crippen molar-refractivity contribution in [1.82, 2.24) is 14.5 Å². The number of nitrogens with zero attached hydrogens (tertiary/aromatic N) is 3. The van der Waals surface area contributed by atoms with Gasteiger partial charge in [0.2, 0.25) is 5.71 Å². The summed E-state index contributed by atoms with van der Waals surface area (Å²) in [6, 6.07) is 0. The molecule has 30 heavy (non-hydrogen) atoms. The lowest BCUT2D eigenvalue weighted by molar-refractivity contribution is 0.244. The fourth-order valence-corrected chi connectivity index (χ4v) is 4.61. The first kappa shape index (κ1) is 21.0. The first-order chi connectivity index (χ1) is 14.6. The van der Waals surface area contributed by atoms with Crippen molar-refractivity contribution < 1.29 is 13.9 Å². The van der Waals surface area contributed by atoms with Gasteiger partial charge in [-0.05, 0) is 57.6 Å². The molecule has 0 spiro atoms. The lowest BCUT2D eigenvalue weighted by atomic mass is 9.93. The van der Waals surface area contributed by atoms with Crippen molar-refractivity contribution in [1.29, 1.82) is 0 Å². The third kappa shape index (κ3) is 4.02. The normalized spacial score (nSPS) is 19.3. The fourth-order valence-electron chi connectivity index (χ4n) is 4.61. The smallest absolute Gasteiger partial charge is 0.226 e. The summed E-state index contributed by atoms with van der Waals surface area (Å²) in [5, 5.41) is 5.00. The van der Waals surface area contributed by atoms with Crippen molar-refractivity contribution in [2.24, 2.45) is 5.92 Å². The molecule has 1 fully saturated rings. The second-order valence-corrected chi connectivity index (χ2v) is 8.57. The van der Waals surface area contributed by atoms with Crippen molar-refractivity contribution >= 4 is 5.71 Å². The van der Waals surface area contributed by atoms with Crippen LogP contribution in [0, 0.1) is 12.8 Å². The first-order valence-electron chi connectivity index (χ1n) is 11.3. The summed E-state index contributed by atoms with van der Waals surface area (Å²) in [6.45, 7) is 9.69. The first-order valence-corrected chi connectivity index (χ1v) is 11.3. The number of methoxy groups -OCH3 is 2. The van der Waals surface area contributed by atoms with Crippen LogP contribution in [-0.4, -0.2) is 41.8 Å². The van der Waals surface area contributed by atoms with Gasteiger partial charge in [0.15, 0.2) is 0 Å². The van der Waals surface area contributed by atoms with Crippen LogP contribution in [0.25, 0.3) is 5.71 Å². The second kappa shape index (κ2) is 8.88. The summed E-state index contributed by atoms with van der Waals surface area (Å²) in [7, 11) is 3.41. The van der Waals surface area contributed by atoms with Gasteiger partial charge in [-0.2, -0.15) is 5.10 Å². The van der Waals surface area contributed by atoms with E-state index >= 15 is 0 Å². The van der Waals surface area contributed by atoms with E-state index in [2.05, 4.69) is 24.8 Å². The molecule has 2 aliphatic carbocycles. The molecule has 2 aromatic heterocycles. The monoisotopic (exact) mass is 413 g/mol. The number of hydrogen-bond donors (Lipinski definition) is 0. The summed E-state index contributed by atoms with van der Waals surface area (Å²) >= 11 is 0. The Balaban J connectivity index is 1.70. The lowest BCUT2D eigenvalue weighted by Crippen LogP contribution is -2.26. The highest BCUT2D eigenvalue weighted by Gasteiger charge is 2.31. The van der Waals surface area contributed by atoms with Gasteiger partial charge < -0.3 is 13.9 Å². The van der Waals surface area contributed by atoms with Crippen LogP contribution in [0.5, 0.6) is 0 Å². The van der Waals surface area contributed by atoms with E-state index in [1.807, 2.05) is 17.5 Å². The lowest BCUT2D eigenvalue weighted by Gasteiger charge is -2.21. The Bertz CT molecular complexity index is 949. The molecule has 6 nitrogen and oxygen atoms in total. The minimum atomic E-state index is 0.0748. The van der Waals surface area contributed by atoms with Crippen molar-refractivity contribution in [3.8, 4) is 0 Å². The summed E-state index contributed by atoms with van der Waals surface area (Å²) in [5.41, 5.74) is 4.36. The topological polar surface area (TPSA) is 52.1 Å². The van der Waals surface area contributed by atoms with Gasteiger partial charge in [0, 0.05) is 19.2 Å². The fraction of sp³-hybridized carbons (Fsp3) is 0.625. The molecule has 2 aromatic rings. The third-order valence-corrected chi connectivity index (χ3v) is 6.31. The van der Waals surface area contributed by atoms with Gasteiger partial charge >= 0.3 is 0 Å². The molecule has 0 saturated heterocycles. The number of ether oxygens (including phenoxy) is 2. The van der Waals surface area contributed by atoms with E-state index in [9.17, 15) is 0 Å². The Labute approximate surface area is 179 Å². The number of fused-ring (bicyclic) bond motifs is 1. The Kier molecular flexibility index (Phi) is 6.23. The van der Waals surface area contributed by atoms with Gasteiger partial charge in [-0.25, -0.2) is 4.52 Å². The minimum absolute atomic E-state index is 0.0748.